The van der Waals surface area contributed by atoms with Crippen LogP contribution in [0.15, 0.2) is 85.2 Å². The predicted molar refractivity (Wildman–Crippen MR) is 111 cm³/mol. The third-order valence-corrected chi connectivity index (χ3v) is 4.49. The molecule has 4 aromatic rings. The van der Waals surface area contributed by atoms with Gasteiger partial charge in [0, 0.05) is 18.0 Å². The molecule has 1 heterocycles. The van der Waals surface area contributed by atoms with Crippen molar-refractivity contribution in [1.29, 1.82) is 0 Å². The standard InChI is InChI=1S/C24H15F3N2O2/c25-24(26,27)31-20-8-6-17(7-9-20)18-2-1-3-19(15-18)23(30)11-5-16-4-10-21-22(14-16)29-13-12-28-21/h1-15H/b11-5+. The first-order valence-corrected chi connectivity index (χ1v) is 9.27. The Hall–Kier alpha value is -4.00. The average Bonchev–Trinajstić information content (AvgIpc) is 2.77. The van der Waals surface area contributed by atoms with E-state index in [0.29, 0.717) is 16.7 Å². The number of ether oxygens (including phenoxy) is 1. The Morgan fingerprint density at radius 2 is 1.58 bits per heavy atom. The zero-order valence-corrected chi connectivity index (χ0v) is 16.0. The Bertz CT molecular complexity index is 1270. The van der Waals surface area contributed by atoms with Crippen molar-refractivity contribution in [2.24, 2.45) is 0 Å². The molecule has 0 N–H and O–H groups in total. The number of carbonyl (C=O) groups excluding carboxylic acids is 1. The molecule has 0 saturated heterocycles. The summed E-state index contributed by atoms with van der Waals surface area (Å²) in [4.78, 5) is 21.1. The monoisotopic (exact) mass is 420 g/mol. The molecular weight excluding hydrogens is 405 g/mol. The molecule has 0 fully saturated rings. The van der Waals surface area contributed by atoms with Crippen molar-refractivity contribution in [2.45, 2.75) is 6.36 Å². The number of ketones is 1. The van der Waals surface area contributed by atoms with Gasteiger partial charge in [0.15, 0.2) is 5.78 Å². The molecule has 0 radical (unpaired) electrons. The smallest absolute Gasteiger partial charge is 0.406 e. The zero-order chi connectivity index (χ0) is 21.8. The molecule has 0 saturated carbocycles. The molecule has 3 aromatic carbocycles. The molecule has 154 valence electrons. The minimum absolute atomic E-state index is 0.196. The lowest BCUT2D eigenvalue weighted by molar-refractivity contribution is -0.274. The predicted octanol–water partition coefficient (Wildman–Crippen LogP) is 6.09. The van der Waals surface area contributed by atoms with Crippen LogP contribution in [0.4, 0.5) is 13.2 Å². The van der Waals surface area contributed by atoms with Gasteiger partial charge >= 0.3 is 6.36 Å². The van der Waals surface area contributed by atoms with Gasteiger partial charge in [-0.1, -0.05) is 42.5 Å². The van der Waals surface area contributed by atoms with Crippen LogP contribution in [0.5, 0.6) is 5.75 Å². The van der Waals surface area contributed by atoms with E-state index in [0.717, 1.165) is 16.6 Å². The van der Waals surface area contributed by atoms with E-state index in [9.17, 15) is 18.0 Å². The van der Waals surface area contributed by atoms with E-state index in [4.69, 9.17) is 0 Å². The number of nitrogens with zero attached hydrogens (tertiary/aromatic N) is 2. The number of halogens is 3. The summed E-state index contributed by atoms with van der Waals surface area (Å²) in [5.41, 5.74) is 4.16. The highest BCUT2D eigenvalue weighted by atomic mass is 19.4. The van der Waals surface area contributed by atoms with Gasteiger partial charge in [-0.25, -0.2) is 0 Å². The number of fused-ring (bicyclic) bond motifs is 1. The Labute approximate surface area is 175 Å². The molecule has 0 aliphatic heterocycles. The number of allylic oxidation sites excluding steroid dienone is 1. The lowest BCUT2D eigenvalue weighted by Crippen LogP contribution is -2.16. The second-order valence-corrected chi connectivity index (χ2v) is 6.66. The topological polar surface area (TPSA) is 52.1 Å². The largest absolute Gasteiger partial charge is 0.573 e. The highest BCUT2D eigenvalue weighted by Gasteiger charge is 2.30. The van der Waals surface area contributed by atoms with E-state index in [2.05, 4.69) is 14.7 Å². The molecular formula is C24H15F3N2O2. The number of hydrogen-bond acceptors (Lipinski definition) is 4. The Morgan fingerprint density at radius 3 is 2.32 bits per heavy atom. The third-order valence-electron chi connectivity index (χ3n) is 4.49. The van der Waals surface area contributed by atoms with Gasteiger partial charge in [0.2, 0.25) is 0 Å². The van der Waals surface area contributed by atoms with Gasteiger partial charge in [-0.15, -0.1) is 13.2 Å². The van der Waals surface area contributed by atoms with Crippen LogP contribution in [0.1, 0.15) is 15.9 Å². The van der Waals surface area contributed by atoms with Gasteiger partial charge in [-0.3, -0.25) is 14.8 Å². The summed E-state index contributed by atoms with van der Waals surface area (Å²) in [6.45, 7) is 0. The molecule has 0 amide bonds. The van der Waals surface area contributed by atoms with Crippen LogP contribution in [-0.2, 0) is 0 Å². The normalized spacial score (nSPS) is 11.7. The fourth-order valence-electron chi connectivity index (χ4n) is 3.05. The van der Waals surface area contributed by atoms with Crippen molar-refractivity contribution in [3.8, 4) is 16.9 Å². The average molecular weight is 420 g/mol. The van der Waals surface area contributed by atoms with Crippen molar-refractivity contribution < 1.29 is 22.7 Å². The quantitative estimate of drug-likeness (QED) is 0.290. The van der Waals surface area contributed by atoms with Crippen LogP contribution < -0.4 is 4.74 Å². The lowest BCUT2D eigenvalue weighted by Gasteiger charge is -2.09. The van der Waals surface area contributed by atoms with Crippen molar-refractivity contribution in [3.63, 3.8) is 0 Å². The zero-order valence-electron chi connectivity index (χ0n) is 16.0. The molecule has 0 spiro atoms. The molecule has 0 aliphatic rings. The van der Waals surface area contributed by atoms with Gasteiger partial charge in [0.1, 0.15) is 5.75 Å². The SMILES string of the molecule is O=C(/C=C/c1ccc2nccnc2c1)c1cccc(-c2ccc(OC(F)(F)F)cc2)c1. The van der Waals surface area contributed by atoms with Crippen LogP contribution in [0.3, 0.4) is 0 Å². The highest BCUT2D eigenvalue weighted by molar-refractivity contribution is 6.07. The minimum Gasteiger partial charge on any atom is -0.406 e. The van der Waals surface area contributed by atoms with E-state index < -0.39 is 6.36 Å². The Kier molecular flexibility index (Phi) is 5.49. The first-order valence-electron chi connectivity index (χ1n) is 9.27. The molecule has 0 aliphatic carbocycles. The maximum Gasteiger partial charge on any atom is 0.573 e. The highest BCUT2D eigenvalue weighted by Crippen LogP contribution is 2.27. The molecule has 0 unspecified atom stereocenters. The van der Waals surface area contributed by atoms with Gasteiger partial charge in [0.25, 0.3) is 0 Å². The summed E-state index contributed by atoms with van der Waals surface area (Å²) in [6, 6.07) is 17.9. The summed E-state index contributed by atoms with van der Waals surface area (Å²) in [5, 5.41) is 0. The maximum absolute atomic E-state index is 12.6. The van der Waals surface area contributed by atoms with Crippen LogP contribution in [-0.4, -0.2) is 22.1 Å². The molecule has 4 rings (SSSR count). The fraction of sp³-hybridized carbons (Fsp3) is 0.0417. The molecule has 0 atom stereocenters. The first-order chi connectivity index (χ1) is 14.9. The maximum atomic E-state index is 12.6. The molecule has 4 nitrogen and oxygen atoms in total. The van der Waals surface area contributed by atoms with Crippen LogP contribution in [0.2, 0.25) is 0 Å². The van der Waals surface area contributed by atoms with E-state index >= 15 is 0 Å². The first kappa shape index (κ1) is 20.3. The minimum atomic E-state index is -4.74. The van der Waals surface area contributed by atoms with Crippen molar-refractivity contribution >= 4 is 22.9 Å². The summed E-state index contributed by atoms with van der Waals surface area (Å²) < 4.78 is 40.8. The number of alkyl halides is 3. The second-order valence-electron chi connectivity index (χ2n) is 6.66. The number of rotatable bonds is 5. The van der Waals surface area contributed by atoms with E-state index in [1.807, 2.05) is 18.2 Å². The van der Waals surface area contributed by atoms with Crippen molar-refractivity contribution in [3.05, 3.63) is 96.3 Å². The number of benzene rings is 3. The van der Waals surface area contributed by atoms with Gasteiger partial charge in [-0.2, -0.15) is 0 Å². The summed E-state index contributed by atoms with van der Waals surface area (Å²) >= 11 is 0. The summed E-state index contributed by atoms with van der Waals surface area (Å²) in [5.74, 6) is -0.496. The number of hydrogen-bond donors (Lipinski definition) is 0. The van der Waals surface area contributed by atoms with Gasteiger partial charge < -0.3 is 4.74 Å². The molecule has 7 heteroatoms. The van der Waals surface area contributed by atoms with E-state index in [-0.39, 0.29) is 11.5 Å². The Morgan fingerprint density at radius 1 is 0.839 bits per heavy atom. The van der Waals surface area contributed by atoms with Gasteiger partial charge in [0.05, 0.1) is 11.0 Å². The summed E-state index contributed by atoms with van der Waals surface area (Å²) in [6.07, 6.45) is 1.65. The summed E-state index contributed by atoms with van der Waals surface area (Å²) in [7, 11) is 0. The van der Waals surface area contributed by atoms with E-state index in [1.54, 1.807) is 42.7 Å². The molecule has 0 bridgehead atoms. The van der Waals surface area contributed by atoms with Gasteiger partial charge in [-0.05, 0) is 53.1 Å². The third kappa shape index (κ3) is 5.14. The second kappa shape index (κ2) is 8.39. The molecule has 1 aromatic heterocycles. The number of aromatic nitrogens is 2. The van der Waals surface area contributed by atoms with Crippen molar-refractivity contribution in [2.75, 3.05) is 0 Å². The fourth-order valence-corrected chi connectivity index (χ4v) is 3.05. The lowest BCUT2D eigenvalue weighted by atomic mass is 10.0. The molecule has 31 heavy (non-hydrogen) atoms. The van der Waals surface area contributed by atoms with E-state index in [1.165, 1.54) is 30.3 Å². The number of carbonyl (C=O) groups is 1. The van der Waals surface area contributed by atoms with Crippen LogP contribution in [0.25, 0.3) is 28.2 Å². The Balaban J connectivity index is 1.51. The van der Waals surface area contributed by atoms with Crippen molar-refractivity contribution in [1.82, 2.24) is 9.97 Å². The van der Waals surface area contributed by atoms with Crippen LogP contribution in [0, 0.1) is 0 Å². The van der Waals surface area contributed by atoms with Crippen LogP contribution >= 0.6 is 0 Å².